The number of nitrogens with two attached hydrogens (primary N) is 1. The number of hydrogen-bond acceptors (Lipinski definition) is 2. The van der Waals surface area contributed by atoms with Crippen LogP contribution in [0.25, 0.3) is 11.3 Å². The molecule has 0 amide bonds. The molecular weight excluding hydrogens is 174 g/mol. The lowest BCUT2D eigenvalue weighted by Crippen LogP contribution is -1.97. The molecule has 2 N–H and O–H groups in total. The van der Waals surface area contributed by atoms with E-state index in [1.54, 1.807) is 0 Å². The van der Waals surface area contributed by atoms with Gasteiger partial charge in [0.15, 0.2) is 0 Å². The molecule has 2 rings (SSSR count). The van der Waals surface area contributed by atoms with E-state index in [9.17, 15) is 0 Å². The van der Waals surface area contributed by atoms with Crippen molar-refractivity contribution in [3.05, 3.63) is 41.9 Å². The summed E-state index contributed by atoms with van der Waals surface area (Å²) in [6, 6.07) is 3.95. The molecule has 0 saturated carbocycles. The molecule has 3 heteroatoms. The van der Waals surface area contributed by atoms with Gasteiger partial charge in [-0.15, -0.1) is 0 Å². The highest BCUT2D eigenvalue weighted by molar-refractivity contribution is 5.63. The third-order valence-corrected chi connectivity index (χ3v) is 2.22. The van der Waals surface area contributed by atoms with Crippen molar-refractivity contribution in [2.45, 2.75) is 13.8 Å². The summed E-state index contributed by atoms with van der Waals surface area (Å²) in [4.78, 5) is 4.34. The fraction of sp³-hybridized carbons (Fsp3) is 0.182. The van der Waals surface area contributed by atoms with E-state index in [1.807, 2.05) is 48.9 Å². The maximum absolute atomic E-state index is 5.82. The third-order valence-electron chi connectivity index (χ3n) is 2.22. The zero-order valence-electron chi connectivity index (χ0n) is 8.36. The highest BCUT2D eigenvalue weighted by Gasteiger charge is 2.00. The zero-order valence-corrected chi connectivity index (χ0v) is 8.36. The standard InChI is InChI=1S/C11H13N3/c1-3-10(12)9-4-5-11-13-8(2)6-14(11)7-9/h3-7H,12H2,1-2H3/b10-3-. The Morgan fingerprint density at radius 1 is 1.43 bits per heavy atom. The minimum atomic E-state index is 0.790. The van der Waals surface area contributed by atoms with Crippen molar-refractivity contribution in [1.29, 1.82) is 0 Å². The number of aromatic nitrogens is 2. The predicted octanol–water partition coefficient (Wildman–Crippen LogP) is 1.96. The summed E-state index contributed by atoms with van der Waals surface area (Å²) in [6.07, 6.45) is 5.87. The second-order valence-corrected chi connectivity index (χ2v) is 3.31. The van der Waals surface area contributed by atoms with E-state index < -0.39 is 0 Å². The summed E-state index contributed by atoms with van der Waals surface area (Å²) >= 11 is 0. The molecule has 0 bridgehead atoms. The average Bonchev–Trinajstić information content (AvgIpc) is 2.55. The van der Waals surface area contributed by atoms with Gasteiger partial charge in [0.05, 0.1) is 5.69 Å². The quantitative estimate of drug-likeness (QED) is 0.741. The van der Waals surface area contributed by atoms with Crippen LogP contribution < -0.4 is 5.73 Å². The van der Waals surface area contributed by atoms with Crippen molar-refractivity contribution in [2.24, 2.45) is 5.73 Å². The number of fused-ring (bicyclic) bond motifs is 1. The molecule has 0 aliphatic carbocycles. The molecule has 2 heterocycles. The first-order valence-corrected chi connectivity index (χ1v) is 4.58. The molecule has 72 valence electrons. The number of pyridine rings is 1. The van der Waals surface area contributed by atoms with Gasteiger partial charge in [0.1, 0.15) is 5.65 Å². The van der Waals surface area contributed by atoms with Gasteiger partial charge in [0.2, 0.25) is 0 Å². The van der Waals surface area contributed by atoms with Gasteiger partial charge in [-0.3, -0.25) is 0 Å². The van der Waals surface area contributed by atoms with Crippen LogP contribution in [0, 0.1) is 6.92 Å². The third kappa shape index (κ3) is 1.37. The van der Waals surface area contributed by atoms with Crippen LogP contribution in [0.3, 0.4) is 0 Å². The molecule has 0 fully saturated rings. The highest BCUT2D eigenvalue weighted by Crippen LogP contribution is 2.11. The molecular formula is C11H13N3. The molecule has 2 aromatic rings. The second kappa shape index (κ2) is 3.18. The van der Waals surface area contributed by atoms with Crippen molar-refractivity contribution in [2.75, 3.05) is 0 Å². The Balaban J connectivity index is 2.61. The van der Waals surface area contributed by atoms with Gasteiger partial charge in [0, 0.05) is 23.7 Å². The molecule has 0 unspecified atom stereocenters. The normalized spacial score (nSPS) is 12.3. The van der Waals surface area contributed by atoms with Crippen molar-refractivity contribution >= 4 is 11.3 Å². The van der Waals surface area contributed by atoms with Crippen molar-refractivity contribution in [3.63, 3.8) is 0 Å². The van der Waals surface area contributed by atoms with Gasteiger partial charge in [-0.25, -0.2) is 4.98 Å². The molecule has 0 aliphatic rings. The number of aryl methyl sites for hydroxylation is 1. The van der Waals surface area contributed by atoms with Crippen LogP contribution in [0.15, 0.2) is 30.6 Å². The van der Waals surface area contributed by atoms with Crippen LogP contribution in [0.1, 0.15) is 18.2 Å². The van der Waals surface area contributed by atoms with Crippen LogP contribution in [0.5, 0.6) is 0 Å². The summed E-state index contributed by atoms with van der Waals surface area (Å²) in [7, 11) is 0. The topological polar surface area (TPSA) is 43.3 Å². The fourth-order valence-corrected chi connectivity index (χ4v) is 1.46. The molecule has 0 saturated heterocycles. The Morgan fingerprint density at radius 3 is 2.93 bits per heavy atom. The summed E-state index contributed by atoms with van der Waals surface area (Å²) in [5, 5.41) is 0. The van der Waals surface area contributed by atoms with Crippen molar-refractivity contribution < 1.29 is 0 Å². The fourth-order valence-electron chi connectivity index (χ4n) is 1.46. The first kappa shape index (κ1) is 8.81. The first-order chi connectivity index (χ1) is 6.70. The smallest absolute Gasteiger partial charge is 0.136 e. The number of nitrogens with zero attached hydrogens (tertiary/aromatic N) is 2. The Labute approximate surface area is 82.9 Å². The van der Waals surface area contributed by atoms with E-state index >= 15 is 0 Å². The Bertz CT molecular complexity index is 494. The Hall–Kier alpha value is -1.77. The van der Waals surface area contributed by atoms with Crippen LogP contribution in [-0.2, 0) is 0 Å². The van der Waals surface area contributed by atoms with Crippen molar-refractivity contribution in [3.8, 4) is 0 Å². The van der Waals surface area contributed by atoms with Crippen LogP contribution in [-0.4, -0.2) is 9.38 Å². The van der Waals surface area contributed by atoms with Crippen LogP contribution in [0.4, 0.5) is 0 Å². The maximum atomic E-state index is 5.82. The van der Waals surface area contributed by atoms with Gasteiger partial charge < -0.3 is 10.1 Å². The van der Waals surface area contributed by atoms with E-state index in [0.29, 0.717) is 0 Å². The molecule has 0 aliphatic heterocycles. The van der Waals surface area contributed by atoms with Gasteiger partial charge in [-0.05, 0) is 26.0 Å². The Kier molecular flexibility index (Phi) is 2.00. The van der Waals surface area contributed by atoms with E-state index in [1.165, 1.54) is 0 Å². The monoisotopic (exact) mass is 187 g/mol. The van der Waals surface area contributed by atoms with E-state index in [2.05, 4.69) is 4.98 Å². The largest absolute Gasteiger partial charge is 0.398 e. The number of allylic oxidation sites excluding steroid dienone is 1. The summed E-state index contributed by atoms with van der Waals surface area (Å²) in [5.41, 5.74) is 9.60. The zero-order chi connectivity index (χ0) is 10.1. The average molecular weight is 187 g/mol. The minimum absolute atomic E-state index is 0.790. The summed E-state index contributed by atoms with van der Waals surface area (Å²) in [5.74, 6) is 0. The van der Waals surface area contributed by atoms with Crippen molar-refractivity contribution in [1.82, 2.24) is 9.38 Å². The molecule has 14 heavy (non-hydrogen) atoms. The summed E-state index contributed by atoms with van der Waals surface area (Å²) < 4.78 is 1.99. The number of hydrogen-bond donors (Lipinski definition) is 1. The van der Waals surface area contributed by atoms with E-state index in [-0.39, 0.29) is 0 Å². The van der Waals surface area contributed by atoms with Gasteiger partial charge in [-0.1, -0.05) is 6.08 Å². The van der Waals surface area contributed by atoms with Gasteiger partial charge in [0.25, 0.3) is 0 Å². The second-order valence-electron chi connectivity index (χ2n) is 3.31. The number of imidazole rings is 1. The molecule has 2 aromatic heterocycles. The molecule has 0 spiro atoms. The lowest BCUT2D eigenvalue weighted by molar-refractivity contribution is 1.17. The van der Waals surface area contributed by atoms with Gasteiger partial charge >= 0.3 is 0 Å². The molecule has 0 atom stereocenters. The highest BCUT2D eigenvalue weighted by atomic mass is 15.0. The number of rotatable bonds is 1. The summed E-state index contributed by atoms with van der Waals surface area (Å²) in [6.45, 7) is 3.91. The van der Waals surface area contributed by atoms with Crippen LogP contribution in [0.2, 0.25) is 0 Å². The van der Waals surface area contributed by atoms with E-state index in [4.69, 9.17) is 5.73 Å². The van der Waals surface area contributed by atoms with Crippen LogP contribution >= 0.6 is 0 Å². The SMILES string of the molecule is C/C=C(\N)c1ccc2nc(C)cn2c1. The van der Waals surface area contributed by atoms with E-state index in [0.717, 1.165) is 22.6 Å². The minimum Gasteiger partial charge on any atom is -0.398 e. The molecule has 0 radical (unpaired) electrons. The lowest BCUT2D eigenvalue weighted by Gasteiger charge is -2.01. The predicted molar refractivity (Wildman–Crippen MR) is 57.8 cm³/mol. The lowest BCUT2D eigenvalue weighted by atomic mass is 10.2. The molecule has 3 nitrogen and oxygen atoms in total. The maximum Gasteiger partial charge on any atom is 0.136 e. The first-order valence-electron chi connectivity index (χ1n) is 4.58. The molecule has 0 aromatic carbocycles. The van der Waals surface area contributed by atoms with Gasteiger partial charge in [-0.2, -0.15) is 0 Å². The Morgan fingerprint density at radius 2 is 2.21 bits per heavy atom.